The quantitative estimate of drug-likeness (QED) is 0.300. The second-order valence-electron chi connectivity index (χ2n) is 9.78. The van der Waals surface area contributed by atoms with Gasteiger partial charge in [-0.05, 0) is 61.4 Å². The fourth-order valence-electron chi connectivity index (χ4n) is 5.68. The van der Waals surface area contributed by atoms with E-state index >= 15 is 0 Å². The zero-order valence-corrected chi connectivity index (χ0v) is 21.1. The first-order valence-corrected chi connectivity index (χ1v) is 13.1. The van der Waals surface area contributed by atoms with Crippen molar-refractivity contribution in [3.8, 4) is 0 Å². The van der Waals surface area contributed by atoms with Gasteiger partial charge in [0.05, 0.1) is 34.8 Å². The van der Waals surface area contributed by atoms with Crippen LogP contribution in [0.5, 0.6) is 0 Å². The number of nitrogens with zero attached hydrogens (tertiary/aromatic N) is 4. The first-order valence-electron chi connectivity index (χ1n) is 13.1. The number of anilines is 4. The van der Waals surface area contributed by atoms with E-state index < -0.39 is 0 Å². The van der Waals surface area contributed by atoms with Gasteiger partial charge in [-0.25, -0.2) is 9.59 Å². The first kappa shape index (κ1) is 23.8. The number of likely N-dealkylation sites (tertiary alicyclic amines) is 1. The lowest BCUT2D eigenvalue weighted by Crippen LogP contribution is -2.60. The van der Waals surface area contributed by atoms with Gasteiger partial charge in [0.15, 0.2) is 0 Å². The predicted molar refractivity (Wildman–Crippen MR) is 151 cm³/mol. The SMILES string of the molecule is O=C(N1CC2CCC(C1)N2C(=O)N(c1ccccc1)c1ccccc1)N(c1ccccc1)c1ccccc1. The van der Waals surface area contributed by atoms with E-state index in [-0.39, 0.29) is 24.1 Å². The van der Waals surface area contributed by atoms with Crippen molar-refractivity contribution in [1.29, 1.82) is 0 Å². The number of rotatable bonds is 4. The molecule has 2 atom stereocenters. The fraction of sp³-hybridized carbons (Fsp3) is 0.188. The molecule has 0 radical (unpaired) electrons. The Morgan fingerprint density at radius 1 is 0.500 bits per heavy atom. The maximum Gasteiger partial charge on any atom is 0.329 e. The molecule has 0 saturated carbocycles. The van der Waals surface area contributed by atoms with Gasteiger partial charge in [-0.2, -0.15) is 0 Å². The summed E-state index contributed by atoms with van der Waals surface area (Å²) in [4.78, 5) is 35.7. The minimum atomic E-state index is -0.0608. The molecule has 4 aromatic carbocycles. The Balaban J connectivity index is 1.27. The van der Waals surface area contributed by atoms with E-state index in [4.69, 9.17) is 0 Å². The third-order valence-electron chi connectivity index (χ3n) is 7.41. The Kier molecular flexibility index (Phi) is 6.53. The highest BCUT2D eigenvalue weighted by Gasteiger charge is 2.46. The average Bonchev–Trinajstić information content (AvgIpc) is 3.24. The smallest absolute Gasteiger partial charge is 0.320 e. The van der Waals surface area contributed by atoms with Crippen molar-refractivity contribution in [1.82, 2.24) is 9.80 Å². The average molecular weight is 503 g/mol. The molecule has 2 heterocycles. The van der Waals surface area contributed by atoms with Gasteiger partial charge in [-0.1, -0.05) is 72.8 Å². The number of urea groups is 2. The molecule has 2 fully saturated rings. The van der Waals surface area contributed by atoms with Crippen LogP contribution >= 0.6 is 0 Å². The van der Waals surface area contributed by atoms with Gasteiger partial charge >= 0.3 is 12.1 Å². The molecule has 2 unspecified atom stereocenters. The molecule has 190 valence electrons. The maximum atomic E-state index is 14.2. The van der Waals surface area contributed by atoms with Crippen LogP contribution in [0.25, 0.3) is 0 Å². The number of carbonyl (C=O) groups is 2. The summed E-state index contributed by atoms with van der Waals surface area (Å²) in [5, 5.41) is 0. The van der Waals surface area contributed by atoms with Crippen LogP contribution in [-0.2, 0) is 0 Å². The van der Waals surface area contributed by atoms with Crippen molar-refractivity contribution in [3.05, 3.63) is 121 Å². The van der Waals surface area contributed by atoms with Gasteiger partial charge in [0, 0.05) is 13.1 Å². The van der Waals surface area contributed by atoms with Crippen molar-refractivity contribution in [2.24, 2.45) is 0 Å². The Hall–Kier alpha value is -4.58. The number of fused-ring (bicyclic) bond motifs is 2. The minimum absolute atomic E-state index is 0.0338. The summed E-state index contributed by atoms with van der Waals surface area (Å²) in [6.07, 6.45) is 1.77. The Morgan fingerprint density at radius 3 is 1.16 bits per heavy atom. The van der Waals surface area contributed by atoms with Crippen LogP contribution in [0.1, 0.15) is 12.8 Å². The molecule has 2 aliphatic rings. The van der Waals surface area contributed by atoms with Gasteiger partial charge in [-0.15, -0.1) is 0 Å². The van der Waals surface area contributed by atoms with Crippen LogP contribution in [0.15, 0.2) is 121 Å². The topological polar surface area (TPSA) is 47.1 Å². The van der Waals surface area contributed by atoms with Crippen LogP contribution in [0.3, 0.4) is 0 Å². The highest BCUT2D eigenvalue weighted by Crippen LogP contribution is 2.36. The van der Waals surface area contributed by atoms with E-state index in [1.54, 1.807) is 9.80 Å². The third kappa shape index (κ3) is 4.50. The van der Waals surface area contributed by atoms with E-state index in [2.05, 4.69) is 0 Å². The van der Waals surface area contributed by atoms with Crippen LogP contribution < -0.4 is 9.80 Å². The summed E-state index contributed by atoms with van der Waals surface area (Å²) in [5.41, 5.74) is 3.32. The van der Waals surface area contributed by atoms with E-state index in [9.17, 15) is 9.59 Å². The third-order valence-corrected chi connectivity index (χ3v) is 7.41. The lowest BCUT2D eigenvalue weighted by atomic mass is 10.1. The van der Waals surface area contributed by atoms with Gasteiger partial charge in [-0.3, -0.25) is 9.80 Å². The van der Waals surface area contributed by atoms with Crippen LogP contribution in [0, 0.1) is 0 Å². The highest BCUT2D eigenvalue weighted by molar-refractivity contribution is 6.01. The lowest BCUT2D eigenvalue weighted by molar-refractivity contribution is 0.108. The van der Waals surface area contributed by atoms with Crippen molar-refractivity contribution in [3.63, 3.8) is 0 Å². The number of hydrogen-bond acceptors (Lipinski definition) is 2. The minimum Gasteiger partial charge on any atom is -0.320 e. The van der Waals surface area contributed by atoms with E-state index in [0.29, 0.717) is 13.1 Å². The molecule has 4 aromatic rings. The maximum absolute atomic E-state index is 14.2. The van der Waals surface area contributed by atoms with E-state index in [1.807, 2.05) is 131 Å². The normalized spacial score (nSPS) is 18.2. The molecule has 38 heavy (non-hydrogen) atoms. The van der Waals surface area contributed by atoms with Crippen LogP contribution in [-0.4, -0.2) is 47.0 Å². The zero-order valence-electron chi connectivity index (χ0n) is 21.1. The number of benzene rings is 4. The summed E-state index contributed by atoms with van der Waals surface area (Å²) < 4.78 is 0. The highest BCUT2D eigenvalue weighted by atomic mass is 16.2. The monoisotopic (exact) mass is 502 g/mol. The molecule has 0 aromatic heterocycles. The number of hydrogen-bond donors (Lipinski definition) is 0. The number of amides is 4. The predicted octanol–water partition coefficient (Wildman–Crippen LogP) is 7.05. The largest absolute Gasteiger partial charge is 0.329 e. The fourth-order valence-corrected chi connectivity index (χ4v) is 5.68. The van der Waals surface area contributed by atoms with Gasteiger partial charge in [0.25, 0.3) is 0 Å². The Morgan fingerprint density at radius 2 is 0.816 bits per heavy atom. The molecule has 6 heteroatoms. The second kappa shape index (κ2) is 10.4. The van der Waals surface area contributed by atoms with Crippen molar-refractivity contribution in [2.45, 2.75) is 24.9 Å². The van der Waals surface area contributed by atoms with Gasteiger partial charge in [0.1, 0.15) is 0 Å². The molecule has 0 aliphatic carbocycles. The summed E-state index contributed by atoms with van der Waals surface area (Å²) in [5.74, 6) is 0. The molecule has 6 nitrogen and oxygen atoms in total. The number of para-hydroxylation sites is 4. The molecular weight excluding hydrogens is 472 g/mol. The molecule has 0 N–H and O–H groups in total. The van der Waals surface area contributed by atoms with Crippen LogP contribution in [0.2, 0.25) is 0 Å². The first-order chi connectivity index (χ1) is 18.7. The van der Waals surface area contributed by atoms with E-state index in [1.165, 1.54) is 0 Å². The van der Waals surface area contributed by atoms with Crippen molar-refractivity contribution >= 4 is 34.8 Å². The van der Waals surface area contributed by atoms with Gasteiger partial charge in [0.2, 0.25) is 0 Å². The zero-order chi connectivity index (χ0) is 25.9. The summed E-state index contributed by atoms with van der Waals surface area (Å²) in [6, 6.07) is 38.9. The molecule has 2 aliphatic heterocycles. The van der Waals surface area contributed by atoms with Crippen molar-refractivity contribution < 1.29 is 9.59 Å². The van der Waals surface area contributed by atoms with E-state index in [0.717, 1.165) is 35.6 Å². The summed E-state index contributed by atoms with van der Waals surface area (Å²) in [6.45, 7) is 1.02. The molecule has 2 bridgehead atoms. The van der Waals surface area contributed by atoms with Gasteiger partial charge < -0.3 is 9.80 Å². The molecule has 0 spiro atoms. The summed E-state index contributed by atoms with van der Waals surface area (Å²) >= 11 is 0. The van der Waals surface area contributed by atoms with Crippen LogP contribution in [0.4, 0.5) is 32.3 Å². The number of piperazine rings is 1. The molecule has 4 amide bonds. The lowest BCUT2D eigenvalue weighted by Gasteiger charge is -2.44. The Labute approximate surface area is 223 Å². The Bertz CT molecular complexity index is 1290. The molecular formula is C32H30N4O2. The van der Waals surface area contributed by atoms with Crippen molar-refractivity contribution in [2.75, 3.05) is 22.9 Å². The second-order valence-corrected chi connectivity index (χ2v) is 9.78. The molecule has 6 rings (SSSR count). The molecule has 2 saturated heterocycles. The summed E-state index contributed by atoms with van der Waals surface area (Å²) in [7, 11) is 0. The standard InChI is InChI=1S/C32H30N4O2/c37-31(34(25-13-5-1-6-14-25)26-15-7-2-8-16-26)33-23-29-21-22-30(24-33)36(29)32(38)35(27-17-9-3-10-18-27)28-19-11-4-12-20-28/h1-20,29-30H,21-24H2. The number of carbonyl (C=O) groups excluding carboxylic acids is 2.